The molecule has 0 bridgehead atoms. The second-order valence-corrected chi connectivity index (χ2v) is 3.08. The van der Waals surface area contributed by atoms with Crippen LogP contribution in [0.15, 0.2) is 11.6 Å². The molecule has 0 aromatic carbocycles. The Bertz CT molecular complexity index is 205. The zero-order valence-electron chi connectivity index (χ0n) is 5.71. The highest BCUT2D eigenvalue weighted by Crippen LogP contribution is 2.36. The Morgan fingerprint density at radius 1 is 1.60 bits per heavy atom. The Morgan fingerprint density at radius 2 is 2.40 bits per heavy atom. The lowest BCUT2D eigenvalue weighted by Gasteiger charge is -2.01. The summed E-state index contributed by atoms with van der Waals surface area (Å²) in [5.41, 5.74) is 0.896. The van der Waals surface area contributed by atoms with E-state index in [1.54, 1.807) is 6.08 Å². The van der Waals surface area contributed by atoms with Gasteiger partial charge in [-0.3, -0.25) is 4.79 Å². The fourth-order valence-corrected chi connectivity index (χ4v) is 1.87. The summed E-state index contributed by atoms with van der Waals surface area (Å²) in [6.07, 6.45) is 3.82. The molecule has 54 valence electrons. The summed E-state index contributed by atoms with van der Waals surface area (Å²) in [5.74, 6) is 0.643. The van der Waals surface area contributed by atoms with Crippen molar-refractivity contribution in [2.24, 2.45) is 5.92 Å². The summed E-state index contributed by atoms with van der Waals surface area (Å²) in [4.78, 5) is 11.0. The van der Waals surface area contributed by atoms with Crippen molar-refractivity contribution in [2.45, 2.75) is 25.4 Å². The molecule has 0 amide bonds. The van der Waals surface area contributed by atoms with Gasteiger partial charge in [0.15, 0.2) is 5.78 Å². The SMILES string of the molecule is O=C1CC[C@@H]2C[C@H](O)C=C12. The summed E-state index contributed by atoms with van der Waals surface area (Å²) in [6.45, 7) is 0. The van der Waals surface area contributed by atoms with Crippen LogP contribution in [0.4, 0.5) is 0 Å². The Labute approximate surface area is 59.5 Å². The van der Waals surface area contributed by atoms with Crippen molar-refractivity contribution in [3.8, 4) is 0 Å². The zero-order valence-corrected chi connectivity index (χ0v) is 5.71. The number of carbonyl (C=O) groups excluding carboxylic acids is 1. The van der Waals surface area contributed by atoms with Crippen LogP contribution < -0.4 is 0 Å². The predicted molar refractivity (Wildman–Crippen MR) is 36.4 cm³/mol. The average molecular weight is 138 g/mol. The summed E-state index contributed by atoms with van der Waals surface area (Å²) in [6, 6.07) is 0. The van der Waals surface area contributed by atoms with E-state index in [1.807, 2.05) is 0 Å². The number of fused-ring (bicyclic) bond motifs is 1. The zero-order chi connectivity index (χ0) is 7.14. The highest BCUT2D eigenvalue weighted by atomic mass is 16.3. The molecular weight excluding hydrogens is 128 g/mol. The van der Waals surface area contributed by atoms with E-state index in [-0.39, 0.29) is 11.9 Å². The fourth-order valence-electron chi connectivity index (χ4n) is 1.87. The van der Waals surface area contributed by atoms with Gasteiger partial charge in [0, 0.05) is 6.42 Å². The molecule has 0 saturated heterocycles. The lowest BCUT2D eigenvalue weighted by molar-refractivity contribution is -0.114. The second-order valence-electron chi connectivity index (χ2n) is 3.08. The number of rotatable bonds is 0. The molecule has 0 radical (unpaired) electrons. The maximum absolute atomic E-state index is 11.0. The van der Waals surface area contributed by atoms with Crippen molar-refractivity contribution in [2.75, 3.05) is 0 Å². The molecule has 2 heteroatoms. The highest BCUT2D eigenvalue weighted by molar-refractivity contribution is 5.98. The Morgan fingerprint density at radius 3 is 3.10 bits per heavy atom. The molecule has 0 spiro atoms. The normalized spacial score (nSPS) is 38.1. The standard InChI is InChI=1S/C8H10O2/c9-6-3-5-1-2-8(10)7(5)4-6/h4-6,9H,1-3H2/t5-,6+/m1/s1. The monoisotopic (exact) mass is 138 g/mol. The first-order chi connectivity index (χ1) is 4.77. The molecule has 0 heterocycles. The van der Waals surface area contributed by atoms with E-state index >= 15 is 0 Å². The Hall–Kier alpha value is -0.630. The van der Waals surface area contributed by atoms with Crippen LogP contribution in [0.2, 0.25) is 0 Å². The minimum Gasteiger partial charge on any atom is -0.389 e. The van der Waals surface area contributed by atoms with Gasteiger partial charge < -0.3 is 5.11 Å². The first kappa shape index (κ1) is 6.10. The van der Waals surface area contributed by atoms with Gasteiger partial charge >= 0.3 is 0 Å². The number of Topliss-reactive ketones (excluding diaryl/α,β-unsaturated/α-hetero) is 1. The van der Waals surface area contributed by atoms with Gasteiger partial charge in [0.25, 0.3) is 0 Å². The van der Waals surface area contributed by atoms with E-state index in [0.29, 0.717) is 12.3 Å². The quantitative estimate of drug-likeness (QED) is 0.533. The lowest BCUT2D eigenvalue weighted by Crippen LogP contribution is -1.99. The molecule has 0 unspecified atom stereocenters. The molecule has 0 aromatic heterocycles. The number of carbonyl (C=O) groups is 1. The molecule has 2 atom stereocenters. The molecule has 2 rings (SSSR count). The van der Waals surface area contributed by atoms with Gasteiger partial charge in [-0.1, -0.05) is 0 Å². The van der Waals surface area contributed by atoms with Crippen molar-refractivity contribution in [3.05, 3.63) is 11.6 Å². The van der Waals surface area contributed by atoms with Crippen LogP contribution in [0.1, 0.15) is 19.3 Å². The molecule has 0 aromatic rings. The largest absolute Gasteiger partial charge is 0.389 e. The van der Waals surface area contributed by atoms with Crippen molar-refractivity contribution >= 4 is 5.78 Å². The molecule has 2 nitrogen and oxygen atoms in total. The van der Waals surface area contributed by atoms with Gasteiger partial charge in [0.1, 0.15) is 0 Å². The van der Waals surface area contributed by atoms with Crippen molar-refractivity contribution in [3.63, 3.8) is 0 Å². The van der Waals surface area contributed by atoms with Crippen LogP contribution in [0.25, 0.3) is 0 Å². The van der Waals surface area contributed by atoms with Gasteiger partial charge in [-0.15, -0.1) is 0 Å². The van der Waals surface area contributed by atoms with Crippen molar-refractivity contribution in [1.29, 1.82) is 0 Å². The molecule has 0 aliphatic heterocycles. The molecule has 1 N–H and O–H groups in total. The molecule has 10 heavy (non-hydrogen) atoms. The topological polar surface area (TPSA) is 37.3 Å². The third-order valence-electron chi connectivity index (χ3n) is 2.38. The summed E-state index contributed by atoms with van der Waals surface area (Å²) in [7, 11) is 0. The van der Waals surface area contributed by atoms with E-state index in [1.165, 1.54) is 0 Å². The predicted octanol–water partition coefficient (Wildman–Crippen LogP) is 0.657. The number of hydrogen-bond donors (Lipinski definition) is 1. The lowest BCUT2D eigenvalue weighted by atomic mass is 10.1. The smallest absolute Gasteiger partial charge is 0.158 e. The van der Waals surface area contributed by atoms with Crippen LogP contribution in [-0.4, -0.2) is 17.0 Å². The number of ketones is 1. The molecule has 2 aliphatic rings. The third-order valence-corrected chi connectivity index (χ3v) is 2.38. The van der Waals surface area contributed by atoms with Crippen LogP contribution >= 0.6 is 0 Å². The van der Waals surface area contributed by atoms with Gasteiger partial charge in [0.2, 0.25) is 0 Å². The first-order valence-electron chi connectivity index (χ1n) is 3.70. The molecule has 2 aliphatic carbocycles. The van der Waals surface area contributed by atoms with E-state index in [0.717, 1.165) is 18.4 Å². The Kier molecular flexibility index (Phi) is 1.17. The highest BCUT2D eigenvalue weighted by Gasteiger charge is 2.34. The molecular formula is C8H10O2. The van der Waals surface area contributed by atoms with Gasteiger partial charge in [-0.05, 0) is 30.4 Å². The maximum Gasteiger partial charge on any atom is 0.158 e. The van der Waals surface area contributed by atoms with Crippen LogP contribution in [0.5, 0.6) is 0 Å². The number of aliphatic hydroxyl groups is 1. The van der Waals surface area contributed by atoms with E-state index in [9.17, 15) is 4.79 Å². The summed E-state index contributed by atoms with van der Waals surface area (Å²) >= 11 is 0. The van der Waals surface area contributed by atoms with Crippen LogP contribution in [0, 0.1) is 5.92 Å². The summed E-state index contributed by atoms with van der Waals surface area (Å²) < 4.78 is 0. The Balaban J connectivity index is 2.29. The maximum atomic E-state index is 11.0. The van der Waals surface area contributed by atoms with E-state index in [4.69, 9.17) is 5.11 Å². The third kappa shape index (κ3) is 0.721. The minimum atomic E-state index is -0.343. The average Bonchev–Trinajstić information content (AvgIpc) is 2.35. The first-order valence-corrected chi connectivity index (χ1v) is 3.70. The van der Waals surface area contributed by atoms with Crippen molar-refractivity contribution in [1.82, 2.24) is 0 Å². The summed E-state index contributed by atoms with van der Waals surface area (Å²) in [5, 5.41) is 9.12. The molecule has 1 fully saturated rings. The number of hydrogen-bond acceptors (Lipinski definition) is 2. The molecule has 1 saturated carbocycles. The van der Waals surface area contributed by atoms with Gasteiger partial charge in [0.05, 0.1) is 6.10 Å². The van der Waals surface area contributed by atoms with Crippen LogP contribution in [-0.2, 0) is 4.79 Å². The fraction of sp³-hybridized carbons (Fsp3) is 0.625. The number of allylic oxidation sites excluding steroid dienone is 1. The van der Waals surface area contributed by atoms with Crippen molar-refractivity contribution < 1.29 is 9.90 Å². The number of aliphatic hydroxyl groups excluding tert-OH is 1. The van der Waals surface area contributed by atoms with Crippen LogP contribution in [0.3, 0.4) is 0 Å². The van der Waals surface area contributed by atoms with Gasteiger partial charge in [-0.25, -0.2) is 0 Å². The minimum absolute atomic E-state index is 0.251. The van der Waals surface area contributed by atoms with E-state index < -0.39 is 0 Å². The van der Waals surface area contributed by atoms with Gasteiger partial charge in [-0.2, -0.15) is 0 Å². The second kappa shape index (κ2) is 1.92. The van der Waals surface area contributed by atoms with E-state index in [2.05, 4.69) is 0 Å².